The van der Waals surface area contributed by atoms with Crippen LogP contribution in [0.2, 0.25) is 5.02 Å². The van der Waals surface area contributed by atoms with Crippen molar-refractivity contribution in [2.75, 3.05) is 68.7 Å². The lowest BCUT2D eigenvalue weighted by molar-refractivity contribution is -0.384. The maximum absolute atomic E-state index is 10.7. The first kappa shape index (κ1) is 32.0. The molecule has 12 nitrogen and oxygen atoms in total. The fourth-order valence-corrected chi connectivity index (χ4v) is 4.47. The Morgan fingerprint density at radius 3 is 1.64 bits per heavy atom. The number of hydrogen-bond acceptors (Lipinski definition) is 10. The van der Waals surface area contributed by atoms with E-state index < -0.39 is 9.85 Å². The maximum atomic E-state index is 10.7. The fraction of sp³-hybridized carbons (Fsp3) is 0.538. The summed E-state index contributed by atoms with van der Waals surface area (Å²) >= 11 is 5.52. The number of nitrogens with zero attached hydrogens (tertiary/aromatic N) is 5. The zero-order valence-corrected chi connectivity index (χ0v) is 23.9. The summed E-state index contributed by atoms with van der Waals surface area (Å²) in [5, 5.41) is 24.7. The highest BCUT2D eigenvalue weighted by atomic mass is 35.5. The number of nitrogens with one attached hydrogen (secondary N) is 1. The number of piperazine rings is 2. The molecular formula is C26H41ClN8O4. The summed E-state index contributed by atoms with van der Waals surface area (Å²) in [5.74, 6) is 0. The number of halogens is 1. The van der Waals surface area contributed by atoms with Crippen molar-refractivity contribution in [3.05, 3.63) is 61.6 Å². The Balaban J connectivity index is 0.000000226. The molecule has 0 amide bonds. The summed E-state index contributed by atoms with van der Waals surface area (Å²) in [6, 6.07) is 10.3. The van der Waals surface area contributed by atoms with Crippen molar-refractivity contribution in [3.63, 3.8) is 0 Å². The van der Waals surface area contributed by atoms with Crippen LogP contribution < -0.4 is 21.7 Å². The number of anilines is 3. The van der Waals surface area contributed by atoms with Crippen LogP contribution >= 0.6 is 11.6 Å². The molecule has 0 atom stereocenters. The van der Waals surface area contributed by atoms with Gasteiger partial charge in [0.1, 0.15) is 11.4 Å². The van der Waals surface area contributed by atoms with E-state index in [0.29, 0.717) is 11.1 Å². The zero-order valence-electron chi connectivity index (χ0n) is 23.2. The summed E-state index contributed by atoms with van der Waals surface area (Å²) in [4.78, 5) is 27.1. The van der Waals surface area contributed by atoms with E-state index in [4.69, 9.17) is 23.1 Å². The van der Waals surface area contributed by atoms with Gasteiger partial charge in [-0.05, 0) is 52.0 Å². The Bertz CT molecular complexity index is 1090. The van der Waals surface area contributed by atoms with E-state index in [0.717, 1.165) is 51.0 Å². The van der Waals surface area contributed by atoms with Crippen molar-refractivity contribution in [2.45, 2.75) is 39.8 Å². The molecule has 39 heavy (non-hydrogen) atoms. The molecule has 2 saturated heterocycles. The first-order chi connectivity index (χ1) is 18.4. The van der Waals surface area contributed by atoms with Gasteiger partial charge in [0.05, 0.1) is 9.85 Å². The molecule has 2 aliphatic heterocycles. The van der Waals surface area contributed by atoms with E-state index in [1.165, 1.54) is 37.4 Å². The summed E-state index contributed by atoms with van der Waals surface area (Å²) in [7, 11) is 0. The van der Waals surface area contributed by atoms with E-state index in [-0.39, 0.29) is 22.7 Å². The second kappa shape index (κ2) is 15.4. The molecule has 0 radical (unpaired) electrons. The van der Waals surface area contributed by atoms with E-state index in [1.54, 1.807) is 12.1 Å². The average Bonchev–Trinajstić information content (AvgIpc) is 2.89. The van der Waals surface area contributed by atoms with Gasteiger partial charge >= 0.3 is 0 Å². The molecule has 5 N–H and O–H groups in total. The molecule has 0 saturated carbocycles. The summed E-state index contributed by atoms with van der Waals surface area (Å²) in [5.41, 5.74) is 12.2. The van der Waals surface area contributed by atoms with Crippen LogP contribution in [0.3, 0.4) is 0 Å². The van der Waals surface area contributed by atoms with E-state index in [9.17, 15) is 20.2 Å². The lowest BCUT2D eigenvalue weighted by Crippen LogP contribution is -2.48. The van der Waals surface area contributed by atoms with Crippen molar-refractivity contribution in [3.8, 4) is 0 Å². The van der Waals surface area contributed by atoms with Crippen molar-refractivity contribution >= 4 is 40.0 Å². The first-order valence-corrected chi connectivity index (χ1v) is 13.5. The van der Waals surface area contributed by atoms with Crippen LogP contribution in [-0.4, -0.2) is 84.1 Å². The summed E-state index contributed by atoms with van der Waals surface area (Å²) < 4.78 is 0. The molecule has 0 aliphatic carbocycles. The van der Waals surface area contributed by atoms with Crippen LogP contribution in [0.5, 0.6) is 0 Å². The van der Waals surface area contributed by atoms with Gasteiger partial charge in [0, 0.05) is 87.3 Å². The largest absolute Gasteiger partial charge is 0.393 e. The van der Waals surface area contributed by atoms with Gasteiger partial charge in [0.25, 0.3) is 11.4 Å². The minimum absolute atomic E-state index is 0.0235. The van der Waals surface area contributed by atoms with Crippen LogP contribution in [0.4, 0.5) is 28.4 Å². The van der Waals surface area contributed by atoms with Crippen LogP contribution in [0.15, 0.2) is 36.4 Å². The van der Waals surface area contributed by atoms with Gasteiger partial charge in [-0.25, -0.2) is 0 Å². The van der Waals surface area contributed by atoms with Crippen LogP contribution in [0, 0.1) is 20.2 Å². The fourth-order valence-electron chi connectivity index (χ4n) is 4.29. The topological polar surface area (TPSA) is 160 Å². The number of rotatable bonds is 5. The van der Waals surface area contributed by atoms with E-state index in [2.05, 4.69) is 47.7 Å². The Morgan fingerprint density at radius 1 is 0.769 bits per heavy atom. The minimum Gasteiger partial charge on any atom is -0.393 e. The normalized spacial score (nSPS) is 16.2. The number of hydrogen-bond donors (Lipinski definition) is 3. The lowest BCUT2D eigenvalue weighted by Gasteiger charge is -2.38. The monoisotopic (exact) mass is 564 g/mol. The lowest BCUT2D eigenvalue weighted by atomic mass is 10.2. The van der Waals surface area contributed by atoms with Crippen molar-refractivity contribution in [1.29, 1.82) is 0 Å². The second-order valence-corrected chi connectivity index (χ2v) is 10.4. The number of benzene rings is 2. The van der Waals surface area contributed by atoms with Gasteiger partial charge in [-0.2, -0.15) is 0 Å². The van der Waals surface area contributed by atoms with Gasteiger partial charge in [-0.1, -0.05) is 11.6 Å². The van der Waals surface area contributed by atoms with Gasteiger partial charge < -0.3 is 21.7 Å². The van der Waals surface area contributed by atoms with E-state index >= 15 is 0 Å². The highest BCUT2D eigenvalue weighted by Crippen LogP contribution is 2.28. The van der Waals surface area contributed by atoms with Crippen LogP contribution in [-0.2, 0) is 0 Å². The quantitative estimate of drug-likeness (QED) is 0.276. The highest BCUT2D eigenvalue weighted by Gasteiger charge is 2.20. The zero-order chi connectivity index (χ0) is 29.1. The third-order valence-corrected chi connectivity index (χ3v) is 6.92. The molecule has 0 bridgehead atoms. The van der Waals surface area contributed by atoms with Crippen molar-refractivity contribution in [2.24, 2.45) is 0 Å². The van der Waals surface area contributed by atoms with Gasteiger partial charge in [0.15, 0.2) is 0 Å². The molecule has 2 aromatic carbocycles. The van der Waals surface area contributed by atoms with Crippen LogP contribution in [0.25, 0.3) is 0 Å². The predicted molar refractivity (Wildman–Crippen MR) is 159 cm³/mol. The Morgan fingerprint density at radius 2 is 1.23 bits per heavy atom. The molecule has 13 heteroatoms. The predicted octanol–water partition coefficient (Wildman–Crippen LogP) is 3.84. The molecular weight excluding hydrogens is 524 g/mol. The molecule has 0 aromatic heterocycles. The summed E-state index contributed by atoms with van der Waals surface area (Å²) in [6.45, 7) is 17.5. The number of nitrogens with two attached hydrogens (primary N) is 2. The maximum Gasteiger partial charge on any atom is 0.292 e. The highest BCUT2D eigenvalue weighted by molar-refractivity contribution is 6.30. The smallest absolute Gasteiger partial charge is 0.292 e. The molecule has 0 unspecified atom stereocenters. The number of nitrogen functional groups attached to an aromatic ring is 2. The SMILES string of the molecule is CC(C)N1CCN(c2ccc([N+](=O)[O-])c(N)c2)CC1.CC(C)N1CCNCC1.Nc1cc(Cl)ccc1[N+](=O)[O-]. The standard InChI is InChI=1S/C13H20N4O2.C7H16N2.C6H5ClN2O2/c1-10(2)15-5-7-16(8-6-15)11-3-4-13(17(18)19)12(14)9-11;1-7(2)9-5-3-8-4-6-9;7-4-1-2-6(9(10)11)5(8)3-4/h3-4,9-10H,5-8,14H2,1-2H3;7-8H,3-6H2,1-2H3;1-3H,8H2. The Hall–Kier alpha value is -3.19. The first-order valence-electron chi connectivity index (χ1n) is 13.1. The third-order valence-electron chi connectivity index (χ3n) is 6.69. The molecule has 4 rings (SSSR count). The molecule has 2 fully saturated rings. The molecule has 2 aliphatic rings. The van der Waals surface area contributed by atoms with Crippen molar-refractivity contribution < 1.29 is 9.85 Å². The van der Waals surface area contributed by atoms with Gasteiger partial charge in [-0.15, -0.1) is 0 Å². The Kier molecular flexibility index (Phi) is 12.7. The van der Waals surface area contributed by atoms with E-state index in [1.807, 2.05) is 0 Å². The number of nitro groups is 2. The minimum atomic E-state index is -0.550. The number of nitro benzene ring substituents is 2. The molecule has 0 spiro atoms. The summed E-state index contributed by atoms with van der Waals surface area (Å²) in [6.07, 6.45) is 0. The second-order valence-electron chi connectivity index (χ2n) is 9.96. The molecule has 216 valence electrons. The average molecular weight is 565 g/mol. The van der Waals surface area contributed by atoms with Gasteiger partial charge in [-0.3, -0.25) is 30.0 Å². The van der Waals surface area contributed by atoms with Crippen LogP contribution in [0.1, 0.15) is 27.7 Å². The Labute approximate surface area is 235 Å². The van der Waals surface area contributed by atoms with Gasteiger partial charge in [0.2, 0.25) is 0 Å². The molecule has 2 heterocycles. The third kappa shape index (κ3) is 10.1. The molecule has 2 aromatic rings. The van der Waals surface area contributed by atoms with Crippen molar-refractivity contribution in [1.82, 2.24) is 15.1 Å².